The number of aromatic nitrogens is 1. The van der Waals surface area contributed by atoms with Gasteiger partial charge in [0, 0.05) is 24.1 Å². The van der Waals surface area contributed by atoms with Crippen LogP contribution >= 0.6 is 11.8 Å². The summed E-state index contributed by atoms with van der Waals surface area (Å²) in [5.74, 6) is -2.68. The first-order valence-corrected chi connectivity index (χ1v) is 9.70. The molecule has 0 aromatic carbocycles. The molecule has 0 aliphatic carbocycles. The number of pyridine rings is 1. The highest BCUT2D eigenvalue weighted by molar-refractivity contribution is 7.99. The molecule has 0 saturated heterocycles. The number of carbonyl (C=O) groups is 4. The molecule has 11 heteroatoms. The number of nitrogens with two attached hydrogens (primary N) is 1. The SMILES string of the molecule is N[C@@H](CCC(=O)N[C@@H](CSCCc1ccccn1)C(=O)NCC(=O)O)C(=O)O. The van der Waals surface area contributed by atoms with Gasteiger partial charge in [0.25, 0.3) is 0 Å². The quantitative estimate of drug-likeness (QED) is 0.261. The number of carbonyl (C=O) groups excluding carboxylic acids is 2. The van der Waals surface area contributed by atoms with Gasteiger partial charge in [-0.25, -0.2) is 0 Å². The van der Waals surface area contributed by atoms with E-state index >= 15 is 0 Å². The van der Waals surface area contributed by atoms with E-state index in [0.29, 0.717) is 12.2 Å². The van der Waals surface area contributed by atoms with Crippen molar-refractivity contribution in [2.45, 2.75) is 31.3 Å². The number of aliphatic carboxylic acids is 2. The average molecular weight is 412 g/mol. The van der Waals surface area contributed by atoms with E-state index in [9.17, 15) is 19.2 Å². The van der Waals surface area contributed by atoms with Crippen LogP contribution in [0, 0.1) is 0 Å². The topological polar surface area (TPSA) is 172 Å². The monoisotopic (exact) mass is 412 g/mol. The molecule has 1 aromatic rings. The number of nitrogens with one attached hydrogen (secondary N) is 2. The van der Waals surface area contributed by atoms with Gasteiger partial charge in [-0.3, -0.25) is 24.2 Å². The van der Waals surface area contributed by atoms with Crippen LogP contribution in [0.2, 0.25) is 0 Å². The Hall–Kier alpha value is -2.66. The van der Waals surface area contributed by atoms with Gasteiger partial charge in [-0.15, -0.1) is 0 Å². The van der Waals surface area contributed by atoms with Crippen molar-refractivity contribution in [1.29, 1.82) is 0 Å². The van der Waals surface area contributed by atoms with Crippen molar-refractivity contribution < 1.29 is 29.4 Å². The molecule has 2 amide bonds. The molecular weight excluding hydrogens is 388 g/mol. The number of thioether (sulfide) groups is 1. The van der Waals surface area contributed by atoms with Crippen molar-refractivity contribution in [2.24, 2.45) is 5.73 Å². The summed E-state index contributed by atoms with van der Waals surface area (Å²) in [6.45, 7) is -0.562. The molecule has 0 fully saturated rings. The summed E-state index contributed by atoms with van der Waals surface area (Å²) in [7, 11) is 0. The van der Waals surface area contributed by atoms with Crippen molar-refractivity contribution in [3.63, 3.8) is 0 Å². The van der Waals surface area contributed by atoms with Crippen molar-refractivity contribution in [3.05, 3.63) is 30.1 Å². The number of hydrogen-bond acceptors (Lipinski definition) is 7. The van der Waals surface area contributed by atoms with Crippen molar-refractivity contribution in [1.82, 2.24) is 15.6 Å². The largest absolute Gasteiger partial charge is 0.480 e. The summed E-state index contributed by atoms with van der Waals surface area (Å²) in [5, 5.41) is 22.2. The summed E-state index contributed by atoms with van der Waals surface area (Å²) in [5.41, 5.74) is 6.25. The molecule has 1 heterocycles. The van der Waals surface area contributed by atoms with E-state index in [1.54, 1.807) is 6.20 Å². The second-order valence-electron chi connectivity index (χ2n) is 5.86. The van der Waals surface area contributed by atoms with Gasteiger partial charge in [0.05, 0.1) is 0 Å². The molecule has 154 valence electrons. The van der Waals surface area contributed by atoms with E-state index in [0.717, 1.165) is 5.69 Å². The second kappa shape index (κ2) is 12.7. The fraction of sp³-hybridized carbons (Fsp3) is 0.471. The van der Waals surface area contributed by atoms with E-state index in [1.165, 1.54) is 11.8 Å². The number of amides is 2. The van der Waals surface area contributed by atoms with Crippen molar-refractivity contribution in [2.75, 3.05) is 18.1 Å². The van der Waals surface area contributed by atoms with E-state index in [2.05, 4.69) is 15.6 Å². The van der Waals surface area contributed by atoms with E-state index in [-0.39, 0.29) is 18.6 Å². The van der Waals surface area contributed by atoms with E-state index < -0.39 is 42.4 Å². The summed E-state index contributed by atoms with van der Waals surface area (Å²) >= 11 is 1.41. The highest BCUT2D eigenvalue weighted by atomic mass is 32.2. The molecule has 28 heavy (non-hydrogen) atoms. The predicted octanol–water partition coefficient (Wildman–Crippen LogP) is -0.765. The van der Waals surface area contributed by atoms with Gasteiger partial charge in [0.1, 0.15) is 18.6 Å². The van der Waals surface area contributed by atoms with Crippen LogP contribution < -0.4 is 16.4 Å². The first kappa shape index (κ1) is 23.4. The van der Waals surface area contributed by atoms with Crippen molar-refractivity contribution in [3.8, 4) is 0 Å². The summed E-state index contributed by atoms with van der Waals surface area (Å²) in [4.78, 5) is 49.7. The second-order valence-corrected chi connectivity index (χ2v) is 7.01. The Kier molecular flexibility index (Phi) is 10.6. The Balaban J connectivity index is 2.52. The molecule has 0 radical (unpaired) electrons. The lowest BCUT2D eigenvalue weighted by atomic mass is 10.1. The third-order valence-electron chi connectivity index (χ3n) is 3.58. The number of aryl methyl sites for hydroxylation is 1. The first-order chi connectivity index (χ1) is 13.3. The van der Waals surface area contributed by atoms with Crippen LogP contribution in [0.25, 0.3) is 0 Å². The van der Waals surface area contributed by atoms with Gasteiger partial charge >= 0.3 is 11.9 Å². The van der Waals surface area contributed by atoms with Gasteiger partial charge in [-0.1, -0.05) is 6.07 Å². The fourth-order valence-corrected chi connectivity index (χ4v) is 3.06. The van der Waals surface area contributed by atoms with Crippen LogP contribution in [-0.2, 0) is 25.6 Å². The van der Waals surface area contributed by atoms with Crippen LogP contribution in [0.15, 0.2) is 24.4 Å². The average Bonchev–Trinajstić information content (AvgIpc) is 2.67. The normalized spacial score (nSPS) is 12.6. The minimum atomic E-state index is -1.21. The van der Waals surface area contributed by atoms with Crippen LogP contribution in [0.4, 0.5) is 0 Å². The Bertz CT molecular complexity index is 673. The zero-order chi connectivity index (χ0) is 20.9. The Morgan fingerprint density at radius 3 is 2.57 bits per heavy atom. The van der Waals surface area contributed by atoms with Crippen LogP contribution in [0.1, 0.15) is 18.5 Å². The fourth-order valence-electron chi connectivity index (χ4n) is 2.07. The third kappa shape index (κ3) is 9.88. The molecular formula is C17H24N4O6S. The molecule has 0 unspecified atom stereocenters. The minimum absolute atomic E-state index is 0.0720. The Morgan fingerprint density at radius 2 is 1.96 bits per heavy atom. The lowest BCUT2D eigenvalue weighted by Gasteiger charge is -2.18. The van der Waals surface area contributed by atoms with Crippen LogP contribution in [0.5, 0.6) is 0 Å². The van der Waals surface area contributed by atoms with Gasteiger partial charge in [0.15, 0.2) is 0 Å². The minimum Gasteiger partial charge on any atom is -0.480 e. The molecule has 0 spiro atoms. The highest BCUT2D eigenvalue weighted by Gasteiger charge is 2.22. The first-order valence-electron chi connectivity index (χ1n) is 8.54. The zero-order valence-corrected chi connectivity index (χ0v) is 16.0. The molecule has 10 nitrogen and oxygen atoms in total. The van der Waals surface area contributed by atoms with Crippen molar-refractivity contribution >= 4 is 35.5 Å². The summed E-state index contributed by atoms with van der Waals surface area (Å²) < 4.78 is 0. The number of carboxylic acid groups (broad SMARTS) is 2. The number of nitrogens with zero attached hydrogens (tertiary/aromatic N) is 1. The number of rotatable bonds is 13. The molecule has 0 aliphatic rings. The van der Waals surface area contributed by atoms with E-state index in [1.807, 2.05) is 18.2 Å². The van der Waals surface area contributed by atoms with Crippen LogP contribution in [0.3, 0.4) is 0 Å². The predicted molar refractivity (Wildman–Crippen MR) is 103 cm³/mol. The molecule has 6 N–H and O–H groups in total. The van der Waals surface area contributed by atoms with Gasteiger partial charge in [-0.2, -0.15) is 11.8 Å². The molecule has 1 aromatic heterocycles. The number of hydrogen-bond donors (Lipinski definition) is 5. The standard InChI is InChI=1S/C17H24N4O6S/c18-12(17(26)27)4-5-14(22)21-13(16(25)20-9-15(23)24)10-28-8-6-11-3-1-2-7-19-11/h1-3,7,12-13H,4-6,8-10,18H2,(H,20,25)(H,21,22)(H,23,24)(H,26,27)/t12-,13-/m0/s1. The molecule has 0 bridgehead atoms. The summed E-state index contributed by atoms with van der Waals surface area (Å²) in [6, 6.07) is 3.45. The molecule has 0 saturated carbocycles. The third-order valence-corrected chi connectivity index (χ3v) is 4.64. The lowest BCUT2D eigenvalue weighted by Crippen LogP contribution is -2.49. The molecule has 2 atom stereocenters. The van der Waals surface area contributed by atoms with E-state index in [4.69, 9.17) is 15.9 Å². The van der Waals surface area contributed by atoms with Gasteiger partial charge < -0.3 is 26.6 Å². The Morgan fingerprint density at radius 1 is 1.21 bits per heavy atom. The molecule has 1 rings (SSSR count). The maximum Gasteiger partial charge on any atom is 0.322 e. The number of carboxylic acids is 2. The lowest BCUT2D eigenvalue weighted by molar-refractivity contribution is -0.139. The Labute approximate surface area is 166 Å². The maximum atomic E-state index is 12.2. The maximum absolute atomic E-state index is 12.2. The van der Waals surface area contributed by atoms with Crippen LogP contribution in [-0.4, -0.2) is 69.1 Å². The summed E-state index contributed by atoms with van der Waals surface area (Å²) in [6.07, 6.45) is 2.13. The smallest absolute Gasteiger partial charge is 0.322 e. The highest BCUT2D eigenvalue weighted by Crippen LogP contribution is 2.08. The van der Waals surface area contributed by atoms with Gasteiger partial charge in [-0.05, 0) is 30.7 Å². The molecule has 0 aliphatic heterocycles. The zero-order valence-electron chi connectivity index (χ0n) is 15.2. The van der Waals surface area contributed by atoms with Gasteiger partial charge in [0.2, 0.25) is 11.8 Å².